The minimum atomic E-state index is -0.455. The van der Waals surface area contributed by atoms with Gasteiger partial charge in [-0.25, -0.2) is 9.63 Å². The number of amides is 1. The first-order valence-electron chi connectivity index (χ1n) is 6.85. The molecule has 1 aromatic carbocycles. The smallest absolute Gasteiger partial charge is 0.410 e. The van der Waals surface area contributed by atoms with E-state index in [1.54, 1.807) is 4.90 Å². The lowest BCUT2D eigenvalue weighted by atomic mass is 10.2. The Morgan fingerprint density at radius 3 is 2.48 bits per heavy atom. The van der Waals surface area contributed by atoms with Crippen LogP contribution in [0.25, 0.3) is 0 Å². The molecule has 0 radical (unpaired) electrons. The predicted octanol–water partition coefficient (Wildman–Crippen LogP) is 3.20. The molecule has 1 aliphatic heterocycles. The van der Waals surface area contributed by atoms with E-state index in [-0.39, 0.29) is 6.09 Å². The van der Waals surface area contributed by atoms with Crippen molar-refractivity contribution in [3.05, 3.63) is 29.8 Å². The molecule has 0 saturated carbocycles. The van der Waals surface area contributed by atoms with Crippen molar-refractivity contribution in [3.63, 3.8) is 0 Å². The maximum atomic E-state index is 11.7. The van der Waals surface area contributed by atoms with Crippen LogP contribution in [0.5, 0.6) is 0 Å². The van der Waals surface area contributed by atoms with Gasteiger partial charge >= 0.3 is 6.09 Å². The summed E-state index contributed by atoms with van der Waals surface area (Å²) in [5.41, 5.74) is 1.72. The van der Waals surface area contributed by atoms with Gasteiger partial charge in [0.25, 0.3) is 0 Å². The van der Waals surface area contributed by atoms with Gasteiger partial charge in [0.2, 0.25) is 0 Å². The third-order valence-corrected chi connectivity index (χ3v) is 3.48. The number of aryl methyl sites for hydroxylation is 1. The minimum absolute atomic E-state index is 0.285. The second-order valence-corrected chi connectivity index (χ2v) is 6.88. The summed E-state index contributed by atoms with van der Waals surface area (Å²) in [5.74, 6) is 0. The van der Waals surface area contributed by atoms with Gasteiger partial charge in [0.1, 0.15) is 5.60 Å². The summed E-state index contributed by atoms with van der Waals surface area (Å²) in [7, 11) is 0. The van der Waals surface area contributed by atoms with Crippen molar-refractivity contribution in [2.45, 2.75) is 38.2 Å². The number of hydrogen-bond donors (Lipinski definition) is 1. The Balaban J connectivity index is 1.72. The van der Waals surface area contributed by atoms with Gasteiger partial charge in [0.05, 0.1) is 18.8 Å². The van der Waals surface area contributed by atoms with Crippen LogP contribution in [0.4, 0.5) is 4.79 Å². The molecule has 2 rings (SSSR count). The maximum absolute atomic E-state index is 11.7. The summed E-state index contributed by atoms with van der Waals surface area (Å²) >= 11 is 1.45. The third kappa shape index (κ3) is 4.97. The average Bonchev–Trinajstić information content (AvgIpc) is 2.32. The van der Waals surface area contributed by atoms with E-state index < -0.39 is 5.60 Å². The number of carbonyl (C=O) groups excluding carboxylic acids is 1. The molecule has 114 valence electrons. The third-order valence-electron chi connectivity index (χ3n) is 2.79. The molecule has 1 N–H and O–H groups in total. The van der Waals surface area contributed by atoms with E-state index in [9.17, 15) is 4.79 Å². The molecule has 0 unspecified atom stereocenters. The Bertz CT molecular complexity index is 527. The highest BCUT2D eigenvalue weighted by Crippen LogP contribution is 2.16. The molecular weight excluding hydrogens is 286 g/mol. The van der Waals surface area contributed by atoms with Gasteiger partial charge in [-0.05, 0) is 39.8 Å². The van der Waals surface area contributed by atoms with Crippen LogP contribution in [-0.2, 0) is 4.74 Å². The van der Waals surface area contributed by atoms with Crippen LogP contribution in [0.15, 0.2) is 34.3 Å². The zero-order chi connectivity index (χ0) is 15.5. The van der Waals surface area contributed by atoms with Gasteiger partial charge in [-0.3, -0.25) is 4.90 Å². The number of nitrogens with one attached hydrogen (secondary N) is 1. The van der Waals surface area contributed by atoms with E-state index in [0.29, 0.717) is 13.1 Å². The molecule has 0 bridgehead atoms. The molecule has 0 aromatic heterocycles. The van der Waals surface area contributed by atoms with E-state index in [2.05, 4.69) is 29.0 Å². The summed E-state index contributed by atoms with van der Waals surface area (Å²) in [5, 5.41) is 4.26. The molecule has 1 aliphatic rings. The van der Waals surface area contributed by atoms with Crippen molar-refractivity contribution < 1.29 is 9.53 Å². The van der Waals surface area contributed by atoms with Gasteiger partial charge in [-0.1, -0.05) is 17.7 Å². The Kier molecular flexibility index (Phi) is 4.77. The number of benzene rings is 1. The topological polar surface area (TPSA) is 53.9 Å². The number of hydrazone groups is 1. The van der Waals surface area contributed by atoms with E-state index in [1.165, 1.54) is 17.5 Å². The van der Waals surface area contributed by atoms with Crippen LogP contribution in [0, 0.1) is 6.92 Å². The summed E-state index contributed by atoms with van der Waals surface area (Å²) in [4.78, 5) is 17.4. The van der Waals surface area contributed by atoms with Crippen molar-refractivity contribution in [1.29, 1.82) is 0 Å². The second kappa shape index (κ2) is 6.39. The summed E-state index contributed by atoms with van der Waals surface area (Å²) in [6.07, 6.45) is -0.285. The fourth-order valence-electron chi connectivity index (χ4n) is 1.67. The normalized spacial score (nSPS) is 14.5. The van der Waals surface area contributed by atoms with Crippen molar-refractivity contribution in [1.82, 2.24) is 9.73 Å². The lowest BCUT2D eigenvalue weighted by molar-refractivity contribution is 0.0264. The molecule has 1 aromatic rings. The van der Waals surface area contributed by atoms with Gasteiger partial charge in [0, 0.05) is 16.8 Å². The zero-order valence-electron chi connectivity index (χ0n) is 12.8. The monoisotopic (exact) mass is 307 g/mol. The second-order valence-electron chi connectivity index (χ2n) is 6.02. The van der Waals surface area contributed by atoms with Crippen molar-refractivity contribution in [2.24, 2.45) is 5.10 Å². The number of likely N-dealkylation sites (tertiary alicyclic amines) is 1. The highest BCUT2D eigenvalue weighted by molar-refractivity contribution is 7.97. The fourth-order valence-corrected chi connectivity index (χ4v) is 2.22. The molecule has 1 saturated heterocycles. The zero-order valence-corrected chi connectivity index (χ0v) is 13.7. The molecule has 0 atom stereocenters. The Labute approximate surface area is 129 Å². The van der Waals surface area contributed by atoms with Crippen LogP contribution in [0.3, 0.4) is 0 Å². The Hall–Kier alpha value is -1.69. The maximum Gasteiger partial charge on any atom is 0.410 e. The molecule has 0 aliphatic carbocycles. The highest BCUT2D eigenvalue weighted by Gasteiger charge is 2.30. The average molecular weight is 307 g/mol. The van der Waals surface area contributed by atoms with E-state index in [0.717, 1.165) is 10.6 Å². The molecule has 21 heavy (non-hydrogen) atoms. The van der Waals surface area contributed by atoms with Gasteiger partial charge in [-0.2, -0.15) is 5.10 Å². The minimum Gasteiger partial charge on any atom is -0.444 e. The number of ether oxygens (including phenoxy) is 1. The Morgan fingerprint density at radius 1 is 1.29 bits per heavy atom. The van der Waals surface area contributed by atoms with Crippen molar-refractivity contribution in [2.75, 3.05) is 13.1 Å². The first kappa shape index (κ1) is 15.7. The largest absolute Gasteiger partial charge is 0.444 e. The van der Waals surface area contributed by atoms with Gasteiger partial charge < -0.3 is 4.74 Å². The number of hydrogen-bond acceptors (Lipinski definition) is 5. The summed E-state index contributed by atoms with van der Waals surface area (Å²) in [6.45, 7) is 8.69. The highest BCUT2D eigenvalue weighted by atomic mass is 32.2. The first-order valence-corrected chi connectivity index (χ1v) is 7.67. The summed E-state index contributed by atoms with van der Waals surface area (Å²) < 4.78 is 5.28. The van der Waals surface area contributed by atoms with Gasteiger partial charge in [-0.15, -0.1) is 0 Å². The Morgan fingerprint density at radius 2 is 1.90 bits per heavy atom. The standard InChI is InChI=1S/C15H21N3O2S/c1-11-5-7-13(8-6-11)21-17-16-12-9-18(10-12)14(19)20-15(2,3)4/h5-8,17H,9-10H2,1-4H3. The first-order chi connectivity index (χ1) is 9.83. The molecule has 0 spiro atoms. The summed E-state index contributed by atoms with van der Waals surface area (Å²) in [6, 6.07) is 8.21. The quantitative estimate of drug-likeness (QED) is 0.688. The lowest BCUT2D eigenvalue weighted by Gasteiger charge is -2.34. The van der Waals surface area contributed by atoms with E-state index in [4.69, 9.17) is 4.74 Å². The molecular formula is C15H21N3O2S. The fraction of sp³-hybridized carbons (Fsp3) is 0.467. The number of carbonyl (C=O) groups is 1. The molecule has 1 fully saturated rings. The van der Waals surface area contributed by atoms with Crippen LogP contribution >= 0.6 is 11.9 Å². The van der Waals surface area contributed by atoms with Crippen molar-refractivity contribution in [3.8, 4) is 0 Å². The number of rotatable bonds is 3. The SMILES string of the molecule is Cc1ccc(SNN=C2CN(C(=O)OC(C)(C)C)C2)cc1. The van der Waals surface area contributed by atoms with Crippen LogP contribution in [-0.4, -0.2) is 35.4 Å². The lowest BCUT2D eigenvalue weighted by Crippen LogP contribution is -2.52. The number of nitrogens with zero attached hydrogens (tertiary/aromatic N) is 2. The van der Waals surface area contributed by atoms with Crippen LogP contribution in [0.1, 0.15) is 26.3 Å². The molecule has 1 heterocycles. The van der Waals surface area contributed by atoms with Crippen LogP contribution < -0.4 is 4.83 Å². The molecule has 5 nitrogen and oxygen atoms in total. The van der Waals surface area contributed by atoms with Crippen LogP contribution in [0.2, 0.25) is 0 Å². The van der Waals surface area contributed by atoms with E-state index >= 15 is 0 Å². The van der Waals surface area contributed by atoms with Crippen molar-refractivity contribution >= 4 is 23.8 Å². The molecule has 1 amide bonds. The molecule has 6 heteroatoms. The van der Waals surface area contributed by atoms with Gasteiger partial charge in [0.15, 0.2) is 0 Å². The predicted molar refractivity (Wildman–Crippen MR) is 85.4 cm³/mol. The van der Waals surface area contributed by atoms with E-state index in [1.807, 2.05) is 32.9 Å².